The van der Waals surface area contributed by atoms with Crippen molar-refractivity contribution in [2.45, 2.75) is 25.9 Å². The lowest BCUT2D eigenvalue weighted by molar-refractivity contribution is 0.0941. The fourth-order valence-corrected chi connectivity index (χ4v) is 4.09. The normalized spacial score (nSPS) is 13.6. The molecule has 1 fully saturated rings. The highest BCUT2D eigenvalue weighted by atomic mass is 16.5. The first-order valence-corrected chi connectivity index (χ1v) is 11.1. The molecule has 2 heterocycles. The second-order valence-electron chi connectivity index (χ2n) is 8.09. The van der Waals surface area contributed by atoms with Crippen LogP contribution in [0.25, 0.3) is 11.4 Å². The number of hydrogen-bond acceptors (Lipinski definition) is 8. The molecular formula is C25H28N4O5. The van der Waals surface area contributed by atoms with Gasteiger partial charge < -0.3 is 25.0 Å². The van der Waals surface area contributed by atoms with Crippen LogP contribution in [0.5, 0.6) is 23.1 Å². The Kier molecular flexibility index (Phi) is 7.12. The monoisotopic (exact) mass is 464 g/mol. The van der Waals surface area contributed by atoms with Gasteiger partial charge in [-0.05, 0) is 43.6 Å². The van der Waals surface area contributed by atoms with Crippen LogP contribution in [0.1, 0.15) is 34.5 Å². The fraction of sp³-hybridized carbons (Fsp3) is 0.320. The predicted molar refractivity (Wildman–Crippen MR) is 126 cm³/mol. The summed E-state index contributed by atoms with van der Waals surface area (Å²) in [6.07, 6.45) is 2.41. The van der Waals surface area contributed by atoms with E-state index < -0.39 is 17.5 Å². The van der Waals surface area contributed by atoms with E-state index in [0.717, 1.165) is 25.2 Å². The van der Waals surface area contributed by atoms with Gasteiger partial charge >= 0.3 is 0 Å². The number of aromatic nitrogens is 2. The second-order valence-corrected chi connectivity index (χ2v) is 8.09. The predicted octanol–water partition coefficient (Wildman–Crippen LogP) is 3.10. The Morgan fingerprint density at radius 1 is 1.06 bits per heavy atom. The third-order valence-corrected chi connectivity index (χ3v) is 5.79. The number of nitrogens with one attached hydrogen (secondary N) is 1. The van der Waals surface area contributed by atoms with E-state index in [1.165, 1.54) is 27.1 Å². The molecule has 0 saturated carbocycles. The maximum absolute atomic E-state index is 12.9. The van der Waals surface area contributed by atoms with Crippen molar-refractivity contribution in [1.29, 1.82) is 0 Å². The average molecular weight is 465 g/mol. The van der Waals surface area contributed by atoms with Crippen molar-refractivity contribution < 1.29 is 24.5 Å². The average Bonchev–Trinajstić information content (AvgIpc) is 3.36. The fourth-order valence-electron chi connectivity index (χ4n) is 4.09. The molecule has 0 spiro atoms. The summed E-state index contributed by atoms with van der Waals surface area (Å²) in [6.45, 7) is 3.06. The van der Waals surface area contributed by atoms with Gasteiger partial charge in [0.1, 0.15) is 0 Å². The zero-order chi connectivity index (χ0) is 24.1. The number of likely N-dealkylation sites (tertiary alicyclic amines) is 1. The number of methoxy groups -OCH3 is 2. The van der Waals surface area contributed by atoms with Crippen molar-refractivity contribution in [2.24, 2.45) is 0 Å². The molecule has 0 aliphatic carbocycles. The molecule has 0 unspecified atom stereocenters. The smallest absolute Gasteiger partial charge is 0.274 e. The molecule has 1 saturated heterocycles. The van der Waals surface area contributed by atoms with Crippen LogP contribution in [-0.4, -0.2) is 58.3 Å². The molecule has 1 amide bonds. The summed E-state index contributed by atoms with van der Waals surface area (Å²) in [4.78, 5) is 23.5. The summed E-state index contributed by atoms with van der Waals surface area (Å²) in [6, 6.07) is 13.0. The van der Waals surface area contributed by atoms with E-state index in [1.807, 2.05) is 24.3 Å². The van der Waals surface area contributed by atoms with Gasteiger partial charge in [0.2, 0.25) is 5.75 Å². The summed E-state index contributed by atoms with van der Waals surface area (Å²) in [7, 11) is 3.05. The molecular weight excluding hydrogens is 436 g/mol. The molecule has 3 N–H and O–H groups in total. The van der Waals surface area contributed by atoms with Crippen molar-refractivity contribution in [1.82, 2.24) is 20.2 Å². The SMILES string of the molecule is COc1cccc(CNC(=O)c2nc(-c3cccc(CN4CCCC4)c3)nc(O)c2O)c1OC. The minimum Gasteiger partial charge on any atom is -0.501 e. The Morgan fingerprint density at radius 2 is 1.82 bits per heavy atom. The van der Waals surface area contributed by atoms with Gasteiger partial charge in [-0.1, -0.05) is 30.3 Å². The molecule has 9 heteroatoms. The van der Waals surface area contributed by atoms with Gasteiger partial charge in [-0.25, -0.2) is 4.98 Å². The number of hydrogen-bond donors (Lipinski definition) is 3. The summed E-state index contributed by atoms with van der Waals surface area (Å²) in [5.74, 6) is -0.799. The number of aromatic hydroxyl groups is 2. The van der Waals surface area contributed by atoms with E-state index in [0.29, 0.717) is 22.6 Å². The first-order chi connectivity index (χ1) is 16.5. The van der Waals surface area contributed by atoms with Crippen LogP contribution < -0.4 is 14.8 Å². The molecule has 4 rings (SSSR count). The quantitative estimate of drug-likeness (QED) is 0.466. The minimum absolute atomic E-state index is 0.101. The van der Waals surface area contributed by atoms with Gasteiger partial charge in [0.25, 0.3) is 11.8 Å². The Labute approximate surface area is 198 Å². The highest BCUT2D eigenvalue weighted by Gasteiger charge is 2.21. The zero-order valence-corrected chi connectivity index (χ0v) is 19.2. The van der Waals surface area contributed by atoms with E-state index in [2.05, 4.69) is 20.2 Å². The number of para-hydroxylation sites is 1. The zero-order valence-electron chi connectivity index (χ0n) is 19.2. The van der Waals surface area contributed by atoms with E-state index in [9.17, 15) is 15.0 Å². The molecule has 2 aromatic carbocycles. The lowest BCUT2D eigenvalue weighted by Crippen LogP contribution is -2.24. The molecule has 34 heavy (non-hydrogen) atoms. The lowest BCUT2D eigenvalue weighted by atomic mass is 10.1. The van der Waals surface area contributed by atoms with Crippen LogP contribution in [-0.2, 0) is 13.1 Å². The number of ether oxygens (including phenoxy) is 2. The summed E-state index contributed by atoms with van der Waals surface area (Å²) >= 11 is 0. The first-order valence-electron chi connectivity index (χ1n) is 11.1. The Hall–Kier alpha value is -3.85. The van der Waals surface area contributed by atoms with E-state index >= 15 is 0 Å². The number of carbonyl (C=O) groups is 1. The lowest BCUT2D eigenvalue weighted by Gasteiger charge is -2.15. The number of amides is 1. The molecule has 0 radical (unpaired) electrons. The van der Waals surface area contributed by atoms with E-state index in [-0.39, 0.29) is 18.1 Å². The molecule has 1 aliphatic heterocycles. The highest BCUT2D eigenvalue weighted by molar-refractivity contribution is 5.95. The molecule has 9 nitrogen and oxygen atoms in total. The maximum Gasteiger partial charge on any atom is 0.274 e. The minimum atomic E-state index is -0.674. The van der Waals surface area contributed by atoms with Crippen LogP contribution in [0.15, 0.2) is 42.5 Å². The number of nitrogens with zero attached hydrogens (tertiary/aromatic N) is 3. The molecule has 3 aromatic rings. The van der Waals surface area contributed by atoms with Gasteiger partial charge in [0, 0.05) is 24.2 Å². The summed E-state index contributed by atoms with van der Waals surface area (Å²) < 4.78 is 10.7. The van der Waals surface area contributed by atoms with Crippen molar-refractivity contribution in [3.05, 3.63) is 59.3 Å². The molecule has 0 bridgehead atoms. The van der Waals surface area contributed by atoms with Crippen LogP contribution >= 0.6 is 0 Å². The summed E-state index contributed by atoms with van der Waals surface area (Å²) in [5.41, 5.74) is 2.11. The molecule has 0 atom stereocenters. The van der Waals surface area contributed by atoms with Gasteiger partial charge in [-0.15, -0.1) is 0 Å². The first kappa shape index (κ1) is 23.3. The van der Waals surface area contributed by atoms with Crippen molar-refractivity contribution in [3.8, 4) is 34.5 Å². The van der Waals surface area contributed by atoms with Gasteiger partial charge in [-0.2, -0.15) is 4.98 Å². The van der Waals surface area contributed by atoms with Gasteiger partial charge in [-0.3, -0.25) is 9.69 Å². The van der Waals surface area contributed by atoms with Gasteiger partial charge in [0.05, 0.1) is 14.2 Å². The Bertz CT molecular complexity index is 1180. The number of benzene rings is 2. The maximum atomic E-state index is 12.9. The summed E-state index contributed by atoms with van der Waals surface area (Å²) in [5, 5.41) is 23.2. The Balaban J connectivity index is 1.56. The van der Waals surface area contributed by atoms with Crippen molar-refractivity contribution in [3.63, 3.8) is 0 Å². The van der Waals surface area contributed by atoms with Crippen LogP contribution in [0.4, 0.5) is 0 Å². The molecule has 178 valence electrons. The van der Waals surface area contributed by atoms with Crippen LogP contribution in [0, 0.1) is 0 Å². The van der Waals surface area contributed by atoms with E-state index in [1.54, 1.807) is 18.2 Å². The highest BCUT2D eigenvalue weighted by Crippen LogP contribution is 2.32. The van der Waals surface area contributed by atoms with E-state index in [4.69, 9.17) is 9.47 Å². The van der Waals surface area contributed by atoms with Crippen LogP contribution in [0.2, 0.25) is 0 Å². The van der Waals surface area contributed by atoms with Gasteiger partial charge in [0.15, 0.2) is 23.0 Å². The third kappa shape index (κ3) is 5.04. The Morgan fingerprint density at radius 3 is 2.56 bits per heavy atom. The molecule has 1 aromatic heterocycles. The van der Waals surface area contributed by atoms with Crippen LogP contribution in [0.3, 0.4) is 0 Å². The number of rotatable bonds is 8. The van der Waals surface area contributed by atoms with Crippen molar-refractivity contribution >= 4 is 5.91 Å². The standard InChI is InChI=1S/C25H28N4O5/c1-33-19-10-6-9-18(22(19)34-2)14-26-24(31)20-21(30)25(32)28-23(27-20)17-8-5-7-16(13-17)15-29-11-3-4-12-29/h5-10,13,30H,3-4,11-12,14-15H2,1-2H3,(H,26,31)(H,27,28,32). The largest absolute Gasteiger partial charge is 0.501 e. The number of carbonyl (C=O) groups excluding carboxylic acids is 1. The second kappa shape index (κ2) is 10.4. The third-order valence-electron chi connectivity index (χ3n) is 5.79. The topological polar surface area (TPSA) is 117 Å². The van der Waals surface area contributed by atoms with Crippen molar-refractivity contribution in [2.75, 3.05) is 27.3 Å². The molecule has 1 aliphatic rings.